The number of aryl methyl sites for hydroxylation is 1. The van der Waals surface area contributed by atoms with Gasteiger partial charge in [-0.1, -0.05) is 6.07 Å². The lowest BCUT2D eigenvalue weighted by molar-refractivity contribution is -0.123. The molecule has 1 aromatic carbocycles. The Hall–Kier alpha value is -3.48. The number of hydrogen-bond acceptors (Lipinski definition) is 5. The maximum absolute atomic E-state index is 12.4. The number of amides is 2. The molecule has 2 saturated carbocycles. The van der Waals surface area contributed by atoms with E-state index in [0.717, 1.165) is 48.1 Å². The molecule has 2 amide bonds. The van der Waals surface area contributed by atoms with Gasteiger partial charge >= 0.3 is 0 Å². The van der Waals surface area contributed by atoms with Gasteiger partial charge in [0, 0.05) is 42.8 Å². The van der Waals surface area contributed by atoms with Crippen LogP contribution >= 0.6 is 0 Å². The van der Waals surface area contributed by atoms with E-state index in [9.17, 15) is 9.59 Å². The number of allylic oxidation sites excluding steroid dienone is 1. The highest BCUT2D eigenvalue weighted by Gasteiger charge is 2.51. The molecule has 0 saturated heterocycles. The zero-order chi connectivity index (χ0) is 22.0. The number of rotatable bonds is 8. The maximum atomic E-state index is 12.4. The predicted octanol–water partition coefficient (Wildman–Crippen LogP) is 3.16. The van der Waals surface area contributed by atoms with Crippen LogP contribution in [0.15, 0.2) is 42.9 Å². The Morgan fingerprint density at radius 1 is 1.19 bits per heavy atom. The van der Waals surface area contributed by atoms with E-state index in [1.165, 1.54) is 6.21 Å². The van der Waals surface area contributed by atoms with Crippen LogP contribution in [0.25, 0.3) is 5.57 Å². The van der Waals surface area contributed by atoms with Gasteiger partial charge in [-0.25, -0.2) is 0 Å². The summed E-state index contributed by atoms with van der Waals surface area (Å²) < 4.78 is 0. The molecule has 2 aliphatic carbocycles. The summed E-state index contributed by atoms with van der Waals surface area (Å²) >= 11 is 0. The first-order valence-electron chi connectivity index (χ1n) is 10.5. The van der Waals surface area contributed by atoms with Crippen molar-refractivity contribution >= 4 is 29.3 Å². The number of carbonyl (C=O) groups excluding carboxylic acids is 2. The van der Waals surface area contributed by atoms with Crippen molar-refractivity contribution in [2.24, 2.45) is 0 Å². The molecule has 0 spiro atoms. The Balaban J connectivity index is 1.56. The first-order valence-corrected chi connectivity index (χ1v) is 10.5. The molecule has 0 aliphatic heterocycles. The van der Waals surface area contributed by atoms with Crippen molar-refractivity contribution < 1.29 is 9.59 Å². The molecule has 1 heterocycles. The SMILES string of the molecule is CNC(=O)C1(c2cncc(N/C=C(\C=N)c3cc(C(=O)NC4CC4)ccc3C)c2)CC1. The monoisotopic (exact) mass is 417 g/mol. The smallest absolute Gasteiger partial charge is 0.251 e. The lowest BCUT2D eigenvalue weighted by atomic mass is 9.96. The van der Waals surface area contributed by atoms with Gasteiger partial charge in [0.1, 0.15) is 0 Å². The van der Waals surface area contributed by atoms with Gasteiger partial charge in [0.25, 0.3) is 5.91 Å². The molecule has 2 aromatic rings. The summed E-state index contributed by atoms with van der Waals surface area (Å²) in [6, 6.07) is 7.76. The highest BCUT2D eigenvalue weighted by atomic mass is 16.2. The first kappa shape index (κ1) is 20.8. The summed E-state index contributed by atoms with van der Waals surface area (Å²) in [4.78, 5) is 29.0. The normalized spacial score (nSPS) is 16.9. The zero-order valence-electron chi connectivity index (χ0n) is 17.8. The second kappa shape index (κ2) is 8.34. The van der Waals surface area contributed by atoms with Crippen LogP contribution in [-0.2, 0) is 10.2 Å². The van der Waals surface area contributed by atoms with E-state index in [-0.39, 0.29) is 11.8 Å². The van der Waals surface area contributed by atoms with E-state index >= 15 is 0 Å². The van der Waals surface area contributed by atoms with Gasteiger partial charge in [0.15, 0.2) is 0 Å². The topological polar surface area (TPSA) is 107 Å². The van der Waals surface area contributed by atoms with Crippen LogP contribution in [-0.4, -0.2) is 36.1 Å². The largest absolute Gasteiger partial charge is 0.360 e. The molecule has 0 unspecified atom stereocenters. The van der Waals surface area contributed by atoms with E-state index in [1.54, 1.807) is 25.6 Å². The van der Waals surface area contributed by atoms with Crippen LogP contribution in [0, 0.1) is 12.3 Å². The number of benzene rings is 1. The highest BCUT2D eigenvalue weighted by molar-refractivity contribution is 6.10. The van der Waals surface area contributed by atoms with E-state index in [4.69, 9.17) is 5.41 Å². The second-order valence-electron chi connectivity index (χ2n) is 8.29. The summed E-state index contributed by atoms with van der Waals surface area (Å²) in [6.45, 7) is 1.96. The Labute approximate surface area is 181 Å². The van der Waals surface area contributed by atoms with Gasteiger partial charge in [-0.15, -0.1) is 0 Å². The molecular formula is C24H27N5O2. The number of likely N-dealkylation sites (N-methyl/N-ethyl adjacent to an activating group) is 1. The number of nitrogens with zero attached hydrogens (tertiary/aromatic N) is 1. The van der Waals surface area contributed by atoms with Crippen LogP contribution in [0.2, 0.25) is 0 Å². The fourth-order valence-electron chi connectivity index (χ4n) is 3.72. The molecule has 0 bridgehead atoms. The minimum atomic E-state index is -0.479. The third-order valence-corrected chi connectivity index (χ3v) is 5.98. The third kappa shape index (κ3) is 4.35. The molecule has 4 rings (SSSR count). The Morgan fingerprint density at radius 2 is 1.97 bits per heavy atom. The van der Waals surface area contributed by atoms with E-state index in [1.807, 2.05) is 31.2 Å². The quantitative estimate of drug-likeness (QED) is 0.495. The molecule has 0 atom stereocenters. The second-order valence-corrected chi connectivity index (χ2v) is 8.29. The molecule has 2 fully saturated rings. The van der Waals surface area contributed by atoms with Crippen molar-refractivity contribution in [3.8, 4) is 0 Å². The molecule has 7 nitrogen and oxygen atoms in total. The third-order valence-electron chi connectivity index (χ3n) is 5.98. The van der Waals surface area contributed by atoms with Crippen molar-refractivity contribution in [2.45, 2.75) is 44.1 Å². The van der Waals surface area contributed by atoms with Gasteiger partial charge in [0.2, 0.25) is 5.91 Å². The van der Waals surface area contributed by atoms with Crippen LogP contribution in [0.5, 0.6) is 0 Å². The van der Waals surface area contributed by atoms with Crippen LogP contribution in [0.3, 0.4) is 0 Å². The van der Waals surface area contributed by atoms with E-state index in [2.05, 4.69) is 20.9 Å². The average Bonchev–Trinajstić information content (AvgIpc) is 3.70. The lowest BCUT2D eigenvalue weighted by Crippen LogP contribution is -2.31. The Bertz CT molecular complexity index is 1070. The molecule has 2 aliphatic rings. The summed E-state index contributed by atoms with van der Waals surface area (Å²) in [6.07, 6.45) is 10.1. The van der Waals surface area contributed by atoms with Gasteiger partial charge in [-0.2, -0.15) is 0 Å². The number of hydrogen-bond donors (Lipinski definition) is 4. The summed E-state index contributed by atoms with van der Waals surface area (Å²) in [7, 11) is 1.65. The fourth-order valence-corrected chi connectivity index (χ4v) is 3.72. The van der Waals surface area contributed by atoms with Gasteiger partial charge in [-0.05, 0) is 67.5 Å². The minimum absolute atomic E-state index is 0.0130. The first-order chi connectivity index (χ1) is 15.0. The standard InChI is InChI=1S/C24H27N5O2/c1-15-3-4-16(22(30)29-19-5-6-19)9-21(15)17(11-25)12-28-20-10-18(13-27-14-20)24(7-8-24)23(31)26-2/h3-4,9-14,19,25,28H,5-8H2,1-2H3,(H,26,31)(H,29,30)/b17-12+,25-11?. The van der Waals surface area contributed by atoms with E-state index < -0.39 is 5.41 Å². The lowest BCUT2D eigenvalue weighted by Gasteiger charge is -2.15. The van der Waals surface area contributed by atoms with Crippen LogP contribution in [0.4, 0.5) is 5.69 Å². The number of aromatic nitrogens is 1. The molecule has 1 aromatic heterocycles. The average molecular weight is 418 g/mol. The Kier molecular flexibility index (Phi) is 5.59. The summed E-state index contributed by atoms with van der Waals surface area (Å²) in [5.41, 5.74) is 4.18. The molecule has 4 N–H and O–H groups in total. The zero-order valence-corrected chi connectivity index (χ0v) is 17.8. The van der Waals surface area contributed by atoms with Gasteiger partial charge < -0.3 is 21.4 Å². The molecular weight excluding hydrogens is 390 g/mol. The predicted molar refractivity (Wildman–Crippen MR) is 121 cm³/mol. The summed E-state index contributed by atoms with van der Waals surface area (Å²) in [5, 5.41) is 16.8. The van der Waals surface area contributed by atoms with Gasteiger partial charge in [-0.3, -0.25) is 14.6 Å². The van der Waals surface area contributed by atoms with Crippen molar-refractivity contribution in [1.29, 1.82) is 5.41 Å². The molecule has 160 valence electrons. The Morgan fingerprint density at radius 3 is 2.61 bits per heavy atom. The number of pyridine rings is 1. The molecule has 0 radical (unpaired) electrons. The van der Waals surface area contributed by atoms with Crippen molar-refractivity contribution in [1.82, 2.24) is 15.6 Å². The molecule has 31 heavy (non-hydrogen) atoms. The van der Waals surface area contributed by atoms with Gasteiger partial charge in [0.05, 0.1) is 17.3 Å². The number of anilines is 1. The maximum Gasteiger partial charge on any atom is 0.251 e. The van der Waals surface area contributed by atoms with Crippen LogP contribution < -0.4 is 16.0 Å². The van der Waals surface area contributed by atoms with E-state index in [0.29, 0.717) is 17.2 Å². The van der Waals surface area contributed by atoms with Crippen molar-refractivity contribution in [3.05, 3.63) is 65.1 Å². The number of nitrogens with one attached hydrogen (secondary N) is 4. The summed E-state index contributed by atoms with van der Waals surface area (Å²) in [5.74, 6) is -0.0686. The van der Waals surface area contributed by atoms with Crippen molar-refractivity contribution in [2.75, 3.05) is 12.4 Å². The molecule has 7 heteroatoms. The fraction of sp³-hybridized carbons (Fsp3) is 0.333. The highest BCUT2D eigenvalue weighted by Crippen LogP contribution is 2.48. The minimum Gasteiger partial charge on any atom is -0.360 e. The van der Waals surface area contributed by atoms with Crippen LogP contribution in [0.1, 0.15) is 52.7 Å². The van der Waals surface area contributed by atoms with Crippen molar-refractivity contribution in [3.63, 3.8) is 0 Å². The number of carbonyl (C=O) groups is 2.